The van der Waals surface area contributed by atoms with E-state index in [1.807, 2.05) is 13.2 Å². The summed E-state index contributed by atoms with van der Waals surface area (Å²) in [5.74, 6) is -0.666. The molecule has 1 N–H and O–H groups in total. The van der Waals surface area contributed by atoms with E-state index in [0.29, 0.717) is 34.3 Å². The van der Waals surface area contributed by atoms with Crippen LogP contribution < -0.4 is 14.4 Å². The van der Waals surface area contributed by atoms with Gasteiger partial charge in [-0.25, -0.2) is 8.42 Å². The van der Waals surface area contributed by atoms with E-state index in [9.17, 15) is 18.0 Å². The largest absolute Gasteiger partial charge is 0.492 e. The molecule has 0 spiro atoms. The molecule has 3 aromatic carbocycles. The van der Waals surface area contributed by atoms with Gasteiger partial charge in [0, 0.05) is 28.0 Å². The predicted molar refractivity (Wildman–Crippen MR) is 170 cm³/mol. The summed E-state index contributed by atoms with van der Waals surface area (Å²) in [5, 5.41) is 3.56. The molecule has 12 heteroatoms. The van der Waals surface area contributed by atoms with Crippen LogP contribution in [0.3, 0.4) is 0 Å². The highest BCUT2D eigenvalue weighted by Crippen LogP contribution is 2.33. The Hall–Kier alpha value is -2.92. The first-order valence-corrected chi connectivity index (χ1v) is 16.8. The van der Waals surface area contributed by atoms with Gasteiger partial charge >= 0.3 is 0 Å². The van der Waals surface area contributed by atoms with Gasteiger partial charge in [0.05, 0.1) is 17.2 Å². The maximum Gasteiger partial charge on any atom is 0.264 e. The topological polar surface area (TPSA) is 96.0 Å². The average Bonchev–Trinajstić information content (AvgIpc) is 2.98. The molecule has 1 atom stereocenters. The summed E-state index contributed by atoms with van der Waals surface area (Å²) in [6.07, 6.45) is 2.61. The molecule has 226 valence electrons. The standard InChI is InChI=1S/C30H35Cl2N3O5S2/c1-5-17-33-30(37)21(3)34(19-22-11-12-23(31)18-26(22)32)29(36)20-35(27-9-7-8-10-28(27)40-6-2)42(38,39)25-15-13-24(41-4)14-16-25/h7-16,18,21H,5-6,17,19-20H2,1-4H3,(H,33,37)/t21-/m1/s1. The number of hydrogen-bond acceptors (Lipinski definition) is 6. The van der Waals surface area contributed by atoms with Gasteiger partial charge in [0.1, 0.15) is 18.3 Å². The van der Waals surface area contributed by atoms with Crippen molar-refractivity contribution in [2.24, 2.45) is 0 Å². The number of sulfonamides is 1. The second-order valence-corrected chi connectivity index (χ2v) is 12.9. The van der Waals surface area contributed by atoms with E-state index in [-0.39, 0.29) is 29.6 Å². The quantitative estimate of drug-likeness (QED) is 0.207. The van der Waals surface area contributed by atoms with Gasteiger partial charge in [-0.2, -0.15) is 0 Å². The molecule has 0 radical (unpaired) electrons. The molecule has 0 heterocycles. The van der Waals surface area contributed by atoms with Crippen molar-refractivity contribution in [2.75, 3.05) is 30.3 Å². The van der Waals surface area contributed by atoms with Crippen LogP contribution in [0.4, 0.5) is 5.69 Å². The number of anilines is 1. The predicted octanol–water partition coefficient (Wildman–Crippen LogP) is 6.25. The molecule has 0 unspecified atom stereocenters. The molecule has 2 amide bonds. The van der Waals surface area contributed by atoms with Crippen molar-refractivity contribution in [3.63, 3.8) is 0 Å². The van der Waals surface area contributed by atoms with Gasteiger partial charge in [-0.05, 0) is 80.6 Å². The minimum atomic E-state index is -4.24. The third kappa shape index (κ3) is 8.34. The lowest BCUT2D eigenvalue weighted by Gasteiger charge is -2.32. The molecule has 0 saturated heterocycles. The van der Waals surface area contributed by atoms with Crippen molar-refractivity contribution in [1.29, 1.82) is 0 Å². The highest BCUT2D eigenvalue weighted by Gasteiger charge is 2.34. The summed E-state index contributed by atoms with van der Waals surface area (Å²) in [6.45, 7) is 5.40. The minimum absolute atomic E-state index is 0.0143. The number of para-hydroxylation sites is 2. The maximum absolute atomic E-state index is 14.1. The first kappa shape index (κ1) is 33.6. The summed E-state index contributed by atoms with van der Waals surface area (Å²) in [7, 11) is -4.24. The zero-order valence-corrected chi connectivity index (χ0v) is 27.1. The van der Waals surface area contributed by atoms with Crippen molar-refractivity contribution in [3.8, 4) is 5.75 Å². The zero-order valence-electron chi connectivity index (χ0n) is 24.0. The highest BCUT2D eigenvalue weighted by molar-refractivity contribution is 7.98. The zero-order chi connectivity index (χ0) is 30.9. The maximum atomic E-state index is 14.1. The van der Waals surface area contributed by atoms with E-state index in [1.165, 1.54) is 28.8 Å². The molecule has 0 aliphatic rings. The number of nitrogens with one attached hydrogen (secondary N) is 1. The summed E-state index contributed by atoms with van der Waals surface area (Å²) in [5.41, 5.74) is 0.760. The van der Waals surface area contributed by atoms with Gasteiger partial charge in [-0.15, -0.1) is 11.8 Å². The molecule has 0 aliphatic heterocycles. The number of carbonyl (C=O) groups is 2. The third-order valence-electron chi connectivity index (χ3n) is 6.43. The Kier molecular flexibility index (Phi) is 12.4. The van der Waals surface area contributed by atoms with Gasteiger partial charge in [-0.1, -0.05) is 48.3 Å². The fourth-order valence-corrected chi connectivity index (χ4v) is 6.44. The Morgan fingerprint density at radius 1 is 1.02 bits per heavy atom. The number of hydrogen-bond donors (Lipinski definition) is 1. The van der Waals surface area contributed by atoms with Crippen LogP contribution >= 0.6 is 35.0 Å². The second kappa shape index (κ2) is 15.5. The Balaban J connectivity index is 2.09. The molecule has 0 fully saturated rings. The molecule has 42 heavy (non-hydrogen) atoms. The number of rotatable bonds is 14. The SMILES string of the molecule is CCCNC(=O)[C@@H](C)N(Cc1ccc(Cl)cc1Cl)C(=O)CN(c1ccccc1OCC)S(=O)(=O)c1ccc(SC)cc1. The molecule has 3 aromatic rings. The number of benzene rings is 3. The molecular formula is C30H35Cl2N3O5S2. The Morgan fingerprint density at radius 3 is 2.33 bits per heavy atom. The molecule has 0 aromatic heterocycles. The molecule has 0 bridgehead atoms. The summed E-state index contributed by atoms with van der Waals surface area (Å²) >= 11 is 14.0. The van der Waals surface area contributed by atoms with Crippen molar-refractivity contribution < 1.29 is 22.7 Å². The first-order chi connectivity index (χ1) is 20.0. The van der Waals surface area contributed by atoms with Crippen molar-refractivity contribution in [1.82, 2.24) is 10.2 Å². The second-order valence-electron chi connectivity index (χ2n) is 9.31. The van der Waals surface area contributed by atoms with E-state index in [2.05, 4.69) is 5.32 Å². The number of ether oxygens (including phenoxy) is 1. The van der Waals surface area contributed by atoms with Crippen LogP contribution in [0, 0.1) is 0 Å². The highest BCUT2D eigenvalue weighted by atomic mass is 35.5. The van der Waals surface area contributed by atoms with Crippen LogP contribution in [0.25, 0.3) is 0 Å². The molecule has 0 aliphatic carbocycles. The van der Waals surface area contributed by atoms with Gasteiger partial charge in [0.2, 0.25) is 11.8 Å². The third-order valence-corrected chi connectivity index (χ3v) is 9.54. The van der Waals surface area contributed by atoms with Gasteiger partial charge in [0.25, 0.3) is 10.0 Å². The van der Waals surface area contributed by atoms with Crippen LogP contribution in [-0.2, 0) is 26.2 Å². The van der Waals surface area contributed by atoms with Crippen LogP contribution in [0.2, 0.25) is 10.0 Å². The van der Waals surface area contributed by atoms with E-state index in [1.54, 1.807) is 68.4 Å². The summed E-state index contributed by atoms with van der Waals surface area (Å²) in [4.78, 5) is 29.4. The van der Waals surface area contributed by atoms with Crippen LogP contribution in [0.15, 0.2) is 76.5 Å². The summed E-state index contributed by atoms with van der Waals surface area (Å²) < 4.78 is 35.0. The Bertz CT molecular complexity index is 1490. The monoisotopic (exact) mass is 651 g/mol. The van der Waals surface area contributed by atoms with Crippen LogP contribution in [0.1, 0.15) is 32.8 Å². The number of thioether (sulfide) groups is 1. The van der Waals surface area contributed by atoms with Crippen LogP contribution in [-0.4, -0.2) is 57.1 Å². The van der Waals surface area contributed by atoms with E-state index in [0.717, 1.165) is 9.20 Å². The fraction of sp³-hybridized carbons (Fsp3) is 0.333. The van der Waals surface area contributed by atoms with Crippen molar-refractivity contribution in [3.05, 3.63) is 82.3 Å². The normalized spacial score (nSPS) is 12.0. The summed E-state index contributed by atoms with van der Waals surface area (Å²) in [6, 6.07) is 17.0. The molecule has 3 rings (SSSR count). The Morgan fingerprint density at radius 2 is 1.71 bits per heavy atom. The van der Waals surface area contributed by atoms with Crippen molar-refractivity contribution >= 4 is 62.5 Å². The first-order valence-electron chi connectivity index (χ1n) is 13.4. The molecular weight excluding hydrogens is 617 g/mol. The number of carbonyl (C=O) groups excluding carboxylic acids is 2. The van der Waals surface area contributed by atoms with E-state index < -0.39 is 28.5 Å². The lowest BCUT2D eigenvalue weighted by molar-refractivity contribution is -0.139. The van der Waals surface area contributed by atoms with E-state index in [4.69, 9.17) is 27.9 Å². The lowest BCUT2D eigenvalue weighted by atomic mass is 10.1. The lowest BCUT2D eigenvalue weighted by Crippen LogP contribution is -2.51. The van der Waals surface area contributed by atoms with Gasteiger partial charge in [-0.3, -0.25) is 13.9 Å². The van der Waals surface area contributed by atoms with Gasteiger partial charge < -0.3 is 15.0 Å². The molecule has 8 nitrogen and oxygen atoms in total. The Labute approximate surface area is 262 Å². The smallest absolute Gasteiger partial charge is 0.264 e. The average molecular weight is 653 g/mol. The van der Waals surface area contributed by atoms with Crippen molar-refractivity contribution in [2.45, 2.75) is 49.6 Å². The van der Waals surface area contributed by atoms with E-state index >= 15 is 0 Å². The van der Waals surface area contributed by atoms with Gasteiger partial charge in [0.15, 0.2) is 0 Å². The molecule has 0 saturated carbocycles. The fourth-order valence-electron chi connectivity index (χ4n) is 4.14. The number of nitrogens with zero attached hydrogens (tertiary/aromatic N) is 2. The van der Waals surface area contributed by atoms with Crippen LogP contribution in [0.5, 0.6) is 5.75 Å². The number of amides is 2. The minimum Gasteiger partial charge on any atom is -0.492 e. The number of halogens is 2.